The SMILES string of the molecule is CCOC(=O)N1CCN(C(=O)Cc2csc(NC(=O)NC3CCCCC3)n2)CC1. The van der Waals surface area contributed by atoms with Gasteiger partial charge in [0.15, 0.2) is 5.13 Å². The van der Waals surface area contributed by atoms with Gasteiger partial charge in [-0.1, -0.05) is 19.3 Å². The van der Waals surface area contributed by atoms with Gasteiger partial charge in [0.2, 0.25) is 5.91 Å². The molecular formula is C19H29N5O4S. The molecule has 1 aromatic rings. The van der Waals surface area contributed by atoms with Gasteiger partial charge >= 0.3 is 12.1 Å². The van der Waals surface area contributed by atoms with E-state index in [1.807, 2.05) is 0 Å². The molecule has 0 spiro atoms. The molecule has 1 saturated carbocycles. The number of piperazine rings is 1. The number of carbonyl (C=O) groups excluding carboxylic acids is 3. The van der Waals surface area contributed by atoms with Crippen molar-refractivity contribution in [1.29, 1.82) is 0 Å². The molecule has 0 aromatic carbocycles. The van der Waals surface area contributed by atoms with Gasteiger partial charge in [-0.25, -0.2) is 14.6 Å². The molecule has 2 aliphatic rings. The van der Waals surface area contributed by atoms with E-state index in [1.54, 1.807) is 22.1 Å². The van der Waals surface area contributed by atoms with Gasteiger partial charge in [0.05, 0.1) is 18.7 Å². The van der Waals surface area contributed by atoms with E-state index in [9.17, 15) is 14.4 Å². The molecule has 2 heterocycles. The third kappa shape index (κ3) is 6.31. The van der Waals surface area contributed by atoms with Gasteiger partial charge in [-0.05, 0) is 19.8 Å². The van der Waals surface area contributed by atoms with E-state index >= 15 is 0 Å². The zero-order valence-corrected chi connectivity index (χ0v) is 17.6. The van der Waals surface area contributed by atoms with Crippen LogP contribution in [0.1, 0.15) is 44.7 Å². The summed E-state index contributed by atoms with van der Waals surface area (Å²) in [7, 11) is 0. The highest BCUT2D eigenvalue weighted by molar-refractivity contribution is 7.13. The highest BCUT2D eigenvalue weighted by Crippen LogP contribution is 2.19. The Balaban J connectivity index is 1.42. The Morgan fingerprint density at radius 1 is 1.14 bits per heavy atom. The van der Waals surface area contributed by atoms with Crippen LogP contribution in [-0.4, -0.2) is 71.6 Å². The van der Waals surface area contributed by atoms with Crippen LogP contribution in [0.15, 0.2) is 5.38 Å². The van der Waals surface area contributed by atoms with Crippen molar-refractivity contribution in [3.63, 3.8) is 0 Å². The quantitative estimate of drug-likeness (QED) is 0.757. The molecule has 29 heavy (non-hydrogen) atoms. The molecule has 1 aromatic heterocycles. The smallest absolute Gasteiger partial charge is 0.409 e. The van der Waals surface area contributed by atoms with Crippen molar-refractivity contribution in [2.45, 2.75) is 51.5 Å². The van der Waals surface area contributed by atoms with Gasteiger partial charge in [0, 0.05) is 37.6 Å². The standard InChI is InChI=1S/C19H29N5O4S/c1-2-28-19(27)24-10-8-23(9-11-24)16(25)12-15-13-29-18(21-15)22-17(26)20-14-6-4-3-5-7-14/h13-14H,2-12H2,1H3,(H2,20,21,22,26). The molecular weight excluding hydrogens is 394 g/mol. The van der Waals surface area contributed by atoms with Crippen LogP contribution in [0, 0.1) is 0 Å². The molecule has 10 heteroatoms. The van der Waals surface area contributed by atoms with E-state index in [-0.39, 0.29) is 30.5 Å². The maximum Gasteiger partial charge on any atom is 0.409 e. The normalized spacial score (nSPS) is 17.7. The number of anilines is 1. The molecule has 9 nitrogen and oxygen atoms in total. The van der Waals surface area contributed by atoms with Crippen LogP contribution in [-0.2, 0) is 16.0 Å². The zero-order valence-electron chi connectivity index (χ0n) is 16.8. The molecule has 0 radical (unpaired) electrons. The lowest BCUT2D eigenvalue weighted by Crippen LogP contribution is -2.51. The highest BCUT2D eigenvalue weighted by Gasteiger charge is 2.25. The number of amides is 4. The van der Waals surface area contributed by atoms with Crippen LogP contribution in [0.25, 0.3) is 0 Å². The molecule has 1 aliphatic carbocycles. The summed E-state index contributed by atoms with van der Waals surface area (Å²) < 4.78 is 4.99. The third-order valence-corrected chi connectivity index (χ3v) is 6.01. The van der Waals surface area contributed by atoms with E-state index < -0.39 is 0 Å². The van der Waals surface area contributed by atoms with E-state index in [0.29, 0.717) is 43.6 Å². The molecule has 2 fully saturated rings. The Kier molecular flexibility index (Phi) is 7.68. The first-order valence-electron chi connectivity index (χ1n) is 10.3. The summed E-state index contributed by atoms with van der Waals surface area (Å²) in [6, 6.07) is -0.00255. The molecule has 0 unspecified atom stereocenters. The number of urea groups is 1. The second kappa shape index (κ2) is 10.4. The summed E-state index contributed by atoms with van der Waals surface area (Å²) in [6.45, 7) is 4.02. The Hall–Kier alpha value is -2.36. The third-order valence-electron chi connectivity index (χ3n) is 5.20. The molecule has 0 bridgehead atoms. The topological polar surface area (TPSA) is 104 Å². The van der Waals surface area contributed by atoms with Crippen molar-refractivity contribution < 1.29 is 19.1 Å². The van der Waals surface area contributed by atoms with E-state index in [1.165, 1.54) is 17.8 Å². The summed E-state index contributed by atoms with van der Waals surface area (Å²) in [6.07, 6.45) is 5.44. The first kappa shape index (κ1) is 21.4. The van der Waals surface area contributed by atoms with Crippen LogP contribution in [0.5, 0.6) is 0 Å². The number of thiazole rings is 1. The van der Waals surface area contributed by atoms with Crippen molar-refractivity contribution in [3.05, 3.63) is 11.1 Å². The number of carbonyl (C=O) groups is 3. The number of hydrogen-bond acceptors (Lipinski definition) is 6. The average Bonchev–Trinajstić information content (AvgIpc) is 3.15. The van der Waals surface area contributed by atoms with Crippen LogP contribution in [0.3, 0.4) is 0 Å². The van der Waals surface area contributed by atoms with Crippen molar-refractivity contribution in [2.24, 2.45) is 0 Å². The first-order valence-corrected chi connectivity index (χ1v) is 11.1. The first-order chi connectivity index (χ1) is 14.0. The van der Waals surface area contributed by atoms with Gasteiger partial charge in [0.1, 0.15) is 0 Å². The van der Waals surface area contributed by atoms with Gasteiger partial charge < -0.3 is 19.9 Å². The minimum absolute atomic E-state index is 0.0305. The fourth-order valence-electron chi connectivity index (χ4n) is 3.63. The minimum Gasteiger partial charge on any atom is -0.450 e. The fraction of sp³-hybridized carbons (Fsp3) is 0.684. The minimum atomic E-state index is -0.332. The second-order valence-corrected chi connectivity index (χ2v) is 8.18. The van der Waals surface area contributed by atoms with Gasteiger partial charge in [-0.15, -0.1) is 11.3 Å². The molecule has 160 valence electrons. The van der Waals surface area contributed by atoms with Crippen LogP contribution in [0.2, 0.25) is 0 Å². The number of rotatable bonds is 5. The number of hydrogen-bond donors (Lipinski definition) is 2. The monoisotopic (exact) mass is 423 g/mol. The molecule has 1 saturated heterocycles. The lowest BCUT2D eigenvalue weighted by Gasteiger charge is -2.34. The Labute approximate surface area is 174 Å². The van der Waals surface area contributed by atoms with Crippen LogP contribution in [0.4, 0.5) is 14.7 Å². The maximum absolute atomic E-state index is 12.5. The average molecular weight is 424 g/mol. The molecule has 0 atom stereocenters. The maximum atomic E-state index is 12.5. The summed E-state index contributed by atoms with van der Waals surface area (Å²) in [5.74, 6) is -0.0305. The van der Waals surface area contributed by atoms with Crippen molar-refractivity contribution in [2.75, 3.05) is 38.1 Å². The van der Waals surface area contributed by atoms with E-state index in [4.69, 9.17) is 4.74 Å². The molecule has 1 aliphatic heterocycles. The summed E-state index contributed by atoms with van der Waals surface area (Å²) in [4.78, 5) is 44.1. The fourth-order valence-corrected chi connectivity index (χ4v) is 4.34. The molecule has 3 rings (SSSR count). The van der Waals surface area contributed by atoms with Crippen molar-refractivity contribution in [3.8, 4) is 0 Å². The Morgan fingerprint density at radius 3 is 2.52 bits per heavy atom. The lowest BCUT2D eigenvalue weighted by molar-refractivity contribution is -0.132. The van der Waals surface area contributed by atoms with Crippen LogP contribution >= 0.6 is 11.3 Å². The van der Waals surface area contributed by atoms with Crippen LogP contribution < -0.4 is 10.6 Å². The van der Waals surface area contributed by atoms with Crippen molar-refractivity contribution >= 4 is 34.5 Å². The number of aromatic nitrogens is 1. The van der Waals surface area contributed by atoms with Crippen molar-refractivity contribution in [1.82, 2.24) is 20.1 Å². The zero-order chi connectivity index (χ0) is 20.6. The highest BCUT2D eigenvalue weighted by atomic mass is 32.1. The second-order valence-electron chi connectivity index (χ2n) is 7.32. The number of nitrogens with zero attached hydrogens (tertiary/aromatic N) is 3. The van der Waals surface area contributed by atoms with Gasteiger partial charge in [-0.3, -0.25) is 10.1 Å². The number of ether oxygens (including phenoxy) is 1. The Morgan fingerprint density at radius 2 is 1.83 bits per heavy atom. The van der Waals surface area contributed by atoms with E-state index in [2.05, 4.69) is 15.6 Å². The number of nitrogens with one attached hydrogen (secondary N) is 2. The summed E-state index contributed by atoms with van der Waals surface area (Å²) in [5, 5.41) is 8.05. The largest absolute Gasteiger partial charge is 0.450 e. The Bertz CT molecular complexity index is 711. The predicted molar refractivity (Wildman–Crippen MR) is 110 cm³/mol. The summed E-state index contributed by atoms with van der Waals surface area (Å²) in [5.41, 5.74) is 0.640. The summed E-state index contributed by atoms with van der Waals surface area (Å²) >= 11 is 1.32. The predicted octanol–water partition coefficient (Wildman–Crippen LogP) is 2.44. The lowest BCUT2D eigenvalue weighted by atomic mass is 9.96. The molecule has 2 N–H and O–H groups in total. The van der Waals surface area contributed by atoms with E-state index in [0.717, 1.165) is 25.7 Å². The van der Waals surface area contributed by atoms with Gasteiger partial charge in [0.25, 0.3) is 0 Å². The van der Waals surface area contributed by atoms with Gasteiger partial charge in [-0.2, -0.15) is 0 Å². The molecule has 4 amide bonds.